The van der Waals surface area contributed by atoms with Crippen molar-refractivity contribution >= 4 is 17.1 Å². The van der Waals surface area contributed by atoms with Crippen molar-refractivity contribution in [3.63, 3.8) is 0 Å². The Kier molecular flexibility index (Phi) is 2.73. The van der Waals surface area contributed by atoms with Gasteiger partial charge in [-0.05, 0) is 0 Å². The zero-order valence-corrected chi connectivity index (χ0v) is 9.85. The molecule has 2 aromatic rings. The molecule has 102 valence electrons. The number of fused-ring (bicyclic) bond motifs is 1. The largest absolute Gasteiger partial charge is 0.394 e. The van der Waals surface area contributed by atoms with Crippen molar-refractivity contribution in [3.05, 3.63) is 16.7 Å². The molecule has 0 amide bonds. The topological polar surface area (TPSA) is 139 Å². The molecule has 0 radical (unpaired) electrons. The molecule has 1 fully saturated rings. The first-order chi connectivity index (χ1) is 9.10. The maximum atomic E-state index is 11.6. The molecule has 3 heterocycles. The molecule has 19 heavy (non-hydrogen) atoms. The Morgan fingerprint density at radius 1 is 1.63 bits per heavy atom. The number of H-pyrrole nitrogens is 1. The van der Waals surface area contributed by atoms with Gasteiger partial charge in [0.05, 0.1) is 19.0 Å². The summed E-state index contributed by atoms with van der Waals surface area (Å²) in [6, 6.07) is 0. The van der Waals surface area contributed by atoms with E-state index in [0.29, 0.717) is 0 Å². The average molecular weight is 267 g/mol. The summed E-state index contributed by atoms with van der Waals surface area (Å²) in [6.45, 7) is -0.277. The van der Waals surface area contributed by atoms with E-state index in [1.54, 1.807) is 0 Å². The van der Waals surface area contributed by atoms with E-state index >= 15 is 0 Å². The predicted octanol–water partition coefficient (Wildman–Crippen LogP) is -1.66. The second-order valence-corrected chi connectivity index (χ2v) is 4.39. The number of nitrogen functional groups attached to an aromatic ring is 1. The predicted molar refractivity (Wildman–Crippen MR) is 64.2 cm³/mol. The van der Waals surface area contributed by atoms with E-state index in [-0.39, 0.29) is 30.1 Å². The number of nitrogens with zero attached hydrogens (tertiary/aromatic N) is 3. The minimum absolute atomic E-state index is 0.0171. The lowest BCUT2D eigenvalue weighted by Gasteiger charge is -2.13. The second kappa shape index (κ2) is 4.30. The van der Waals surface area contributed by atoms with E-state index < -0.39 is 24.0 Å². The van der Waals surface area contributed by atoms with Crippen LogP contribution in [0.5, 0.6) is 0 Å². The van der Waals surface area contributed by atoms with Crippen LogP contribution in [0.3, 0.4) is 0 Å². The Labute approximate surface area is 106 Å². The Bertz CT molecular complexity index is 665. The third-order valence-corrected chi connectivity index (χ3v) is 3.15. The quantitative estimate of drug-likeness (QED) is 0.510. The molecule has 9 nitrogen and oxygen atoms in total. The van der Waals surface area contributed by atoms with Crippen molar-refractivity contribution < 1.29 is 14.9 Å². The average Bonchev–Trinajstić information content (AvgIpc) is 2.92. The molecule has 0 saturated carbocycles. The molecular formula is C10H13N5O4. The Balaban J connectivity index is 2.05. The molecule has 0 spiro atoms. The maximum Gasteiger partial charge on any atom is 0.280 e. The number of hydrogen-bond donors (Lipinski definition) is 4. The normalized spacial score (nSPS) is 27.2. The standard InChI is InChI=1S/C10H13N5O4/c11-10-13-8-7(9(18)14-10)12-3-15(8)6-1-4(17)5(2-16)19-6/h3-6,16-17H,1-2H2,(H3,11,13,14,18)/t4?,5-,6?/m1/s1. The van der Waals surface area contributed by atoms with E-state index in [1.165, 1.54) is 10.9 Å². The molecule has 9 heteroatoms. The van der Waals surface area contributed by atoms with Gasteiger partial charge in [0.2, 0.25) is 5.95 Å². The van der Waals surface area contributed by atoms with Crippen LogP contribution in [0.4, 0.5) is 5.95 Å². The lowest BCUT2D eigenvalue weighted by atomic mass is 10.2. The van der Waals surface area contributed by atoms with Crippen molar-refractivity contribution in [3.8, 4) is 0 Å². The van der Waals surface area contributed by atoms with Gasteiger partial charge in [0.1, 0.15) is 12.3 Å². The lowest BCUT2D eigenvalue weighted by Crippen LogP contribution is -2.24. The van der Waals surface area contributed by atoms with Gasteiger partial charge in [-0.1, -0.05) is 0 Å². The molecule has 1 aliphatic rings. The number of imidazole rings is 1. The number of aliphatic hydroxyl groups is 2. The molecule has 5 N–H and O–H groups in total. The minimum Gasteiger partial charge on any atom is -0.394 e. The van der Waals surface area contributed by atoms with Crippen LogP contribution in [-0.2, 0) is 4.74 Å². The van der Waals surface area contributed by atoms with Crippen molar-refractivity contribution in [2.75, 3.05) is 12.3 Å². The summed E-state index contributed by atoms with van der Waals surface area (Å²) in [5, 5.41) is 18.8. The Hall–Kier alpha value is -1.97. The number of aliphatic hydroxyl groups excluding tert-OH is 2. The second-order valence-electron chi connectivity index (χ2n) is 4.39. The minimum atomic E-state index is -0.771. The smallest absolute Gasteiger partial charge is 0.280 e. The van der Waals surface area contributed by atoms with Crippen LogP contribution < -0.4 is 11.3 Å². The van der Waals surface area contributed by atoms with Crippen molar-refractivity contribution in [2.45, 2.75) is 24.9 Å². The molecule has 0 aliphatic carbocycles. The third kappa shape index (κ3) is 1.87. The highest BCUT2D eigenvalue weighted by atomic mass is 16.5. The van der Waals surface area contributed by atoms with Gasteiger partial charge in [-0.3, -0.25) is 14.3 Å². The fraction of sp³-hybridized carbons (Fsp3) is 0.500. The van der Waals surface area contributed by atoms with Gasteiger partial charge in [-0.2, -0.15) is 4.98 Å². The van der Waals surface area contributed by atoms with Gasteiger partial charge in [-0.15, -0.1) is 0 Å². The van der Waals surface area contributed by atoms with Crippen molar-refractivity contribution in [2.24, 2.45) is 0 Å². The molecule has 1 saturated heterocycles. The van der Waals surface area contributed by atoms with Gasteiger partial charge < -0.3 is 20.7 Å². The van der Waals surface area contributed by atoms with Crippen LogP contribution in [0.2, 0.25) is 0 Å². The van der Waals surface area contributed by atoms with Gasteiger partial charge in [0, 0.05) is 6.42 Å². The number of nitrogens with one attached hydrogen (secondary N) is 1. The monoisotopic (exact) mass is 267 g/mol. The summed E-state index contributed by atoms with van der Waals surface area (Å²) in [6.07, 6.45) is -0.270. The van der Waals surface area contributed by atoms with Gasteiger partial charge in [0.25, 0.3) is 5.56 Å². The number of nitrogens with two attached hydrogens (primary N) is 1. The summed E-state index contributed by atoms with van der Waals surface area (Å²) in [5.41, 5.74) is 5.50. The zero-order valence-electron chi connectivity index (χ0n) is 9.85. The van der Waals surface area contributed by atoms with E-state index in [9.17, 15) is 9.90 Å². The molecule has 2 unspecified atom stereocenters. The van der Waals surface area contributed by atoms with Gasteiger partial charge in [0.15, 0.2) is 11.2 Å². The summed E-state index contributed by atoms with van der Waals surface area (Å²) in [5.74, 6) is -0.0171. The first-order valence-corrected chi connectivity index (χ1v) is 5.77. The fourth-order valence-electron chi connectivity index (χ4n) is 2.20. The van der Waals surface area contributed by atoms with Crippen LogP contribution in [0, 0.1) is 0 Å². The number of rotatable bonds is 2. The Morgan fingerprint density at radius 3 is 3.11 bits per heavy atom. The van der Waals surface area contributed by atoms with Crippen molar-refractivity contribution in [1.82, 2.24) is 19.5 Å². The number of aromatic amines is 1. The molecular weight excluding hydrogens is 254 g/mol. The number of anilines is 1. The van der Waals surface area contributed by atoms with E-state index in [1.807, 2.05) is 0 Å². The highest BCUT2D eigenvalue weighted by Gasteiger charge is 2.35. The summed E-state index contributed by atoms with van der Waals surface area (Å²) in [7, 11) is 0. The molecule has 1 aliphatic heterocycles. The van der Waals surface area contributed by atoms with Crippen LogP contribution in [0.15, 0.2) is 11.1 Å². The summed E-state index contributed by atoms with van der Waals surface area (Å²) in [4.78, 5) is 22.0. The molecule has 3 rings (SSSR count). The summed E-state index contributed by atoms with van der Waals surface area (Å²) < 4.78 is 7.01. The third-order valence-electron chi connectivity index (χ3n) is 3.15. The number of hydrogen-bond acceptors (Lipinski definition) is 7. The molecule has 0 aromatic carbocycles. The van der Waals surface area contributed by atoms with Crippen LogP contribution in [0.25, 0.3) is 11.2 Å². The molecule has 0 bridgehead atoms. The molecule has 2 aromatic heterocycles. The fourth-order valence-corrected chi connectivity index (χ4v) is 2.20. The molecule has 3 atom stereocenters. The first-order valence-electron chi connectivity index (χ1n) is 5.77. The van der Waals surface area contributed by atoms with Gasteiger partial charge >= 0.3 is 0 Å². The van der Waals surface area contributed by atoms with Crippen LogP contribution in [-0.4, -0.2) is 48.5 Å². The lowest BCUT2D eigenvalue weighted by molar-refractivity contribution is -0.0432. The summed E-state index contributed by atoms with van der Waals surface area (Å²) >= 11 is 0. The maximum absolute atomic E-state index is 11.6. The SMILES string of the molecule is Nc1nc2c(ncn2C2CC(O)[C@@H](CO)O2)c(=O)[nH]1. The van der Waals surface area contributed by atoms with Crippen LogP contribution in [0.1, 0.15) is 12.6 Å². The van der Waals surface area contributed by atoms with E-state index in [0.717, 1.165) is 0 Å². The van der Waals surface area contributed by atoms with Gasteiger partial charge in [-0.25, -0.2) is 4.98 Å². The first kappa shape index (κ1) is 12.1. The van der Waals surface area contributed by atoms with E-state index in [2.05, 4.69) is 15.0 Å². The highest BCUT2D eigenvalue weighted by Crippen LogP contribution is 2.30. The number of aromatic nitrogens is 4. The van der Waals surface area contributed by atoms with E-state index in [4.69, 9.17) is 15.6 Å². The van der Waals surface area contributed by atoms with Crippen molar-refractivity contribution in [1.29, 1.82) is 0 Å². The number of ether oxygens (including phenoxy) is 1. The van der Waals surface area contributed by atoms with Crippen LogP contribution >= 0.6 is 0 Å². The Morgan fingerprint density at radius 2 is 2.42 bits per heavy atom. The highest BCUT2D eigenvalue weighted by molar-refractivity contribution is 5.70. The zero-order chi connectivity index (χ0) is 13.6.